The minimum absolute atomic E-state index is 0. The Kier molecular flexibility index (Phi) is 79.7. The van der Waals surface area contributed by atoms with Crippen LogP contribution >= 0.6 is 0 Å². The van der Waals surface area contributed by atoms with Crippen molar-refractivity contribution in [3.05, 3.63) is 0 Å². The van der Waals surface area contributed by atoms with E-state index in [-0.39, 0.29) is 60.2 Å². The number of unbranched alkanes of at least 4 members (excludes halogenated alkanes) is 4. The summed E-state index contributed by atoms with van der Waals surface area (Å²) in [7, 11) is 0. The van der Waals surface area contributed by atoms with E-state index in [1.807, 2.05) is 20.8 Å². The second-order valence-corrected chi connectivity index (χ2v) is 4.25. The summed E-state index contributed by atoms with van der Waals surface area (Å²) in [6, 6.07) is 0. The molecule has 0 atom stereocenters. The van der Waals surface area contributed by atoms with Gasteiger partial charge in [-0.25, -0.2) is 0 Å². The zero-order valence-corrected chi connectivity index (χ0v) is 17.2. The van der Waals surface area contributed by atoms with Gasteiger partial charge in [-0.15, -0.1) is 19.8 Å². The Morgan fingerprint density at radius 1 is 0.571 bits per heavy atom. The Balaban J connectivity index is -0.0000000533. The Labute approximate surface area is 165 Å². The maximum absolute atomic E-state index is 9.53. The fourth-order valence-corrected chi connectivity index (χ4v) is 0.591. The molecule has 0 saturated heterocycles. The first-order chi connectivity index (χ1) is 9.66. The van der Waals surface area contributed by atoms with Crippen molar-refractivity contribution in [3.63, 3.8) is 0 Å². The molecule has 0 heterocycles. The molecule has 0 spiro atoms. The van der Waals surface area contributed by atoms with Crippen molar-refractivity contribution < 1.29 is 60.8 Å². The van der Waals surface area contributed by atoms with Crippen LogP contribution in [0.1, 0.15) is 79.1 Å². The molecule has 0 rings (SSSR count). The van der Waals surface area contributed by atoms with Gasteiger partial charge in [-0.05, 0) is 6.42 Å². The third-order valence-electron chi connectivity index (χ3n) is 2.01. The molecule has 0 bridgehead atoms. The Bertz CT molecular complexity index is 74.3. The summed E-state index contributed by atoms with van der Waals surface area (Å²) in [6.07, 6.45) is 7.63. The quantitative estimate of drug-likeness (QED) is 0.611. The van der Waals surface area contributed by atoms with Gasteiger partial charge >= 0.3 is 40.4 Å². The van der Waals surface area contributed by atoms with E-state index < -0.39 is 0 Å². The van der Waals surface area contributed by atoms with Crippen LogP contribution in [0.3, 0.4) is 0 Å². The zero-order chi connectivity index (χ0) is 16.5. The van der Waals surface area contributed by atoms with Crippen LogP contribution in [-0.4, -0.2) is 31.5 Å². The molecule has 0 unspecified atom stereocenters. The number of aliphatic hydroxyl groups is 1. The number of hydrogen-bond acceptors (Lipinski definition) is 4. The summed E-state index contributed by atoms with van der Waals surface area (Å²) in [5.41, 5.74) is 0. The second kappa shape index (κ2) is 49.7. The fourth-order valence-electron chi connectivity index (χ4n) is 0.591. The van der Waals surface area contributed by atoms with Crippen molar-refractivity contribution in [2.45, 2.75) is 79.1 Å². The largest absolute Gasteiger partial charge is 3.00 e. The fraction of sp³-hybridized carbons (Fsp3) is 1.00. The molecule has 4 nitrogen and oxygen atoms in total. The molecule has 0 aliphatic heterocycles. The Morgan fingerprint density at radius 2 is 0.810 bits per heavy atom. The molecular formula is C16H37O4Sm. The standard InChI is InChI=1S/C4H10O.3C4H9O.Sm/c4*1-2-3-4-5;/h5H,2-4H2,1H3;3*2-4H2,1H3;/q;3*-1;+3. The monoisotopic (exact) mass is 445 g/mol. The first-order valence-electron chi connectivity index (χ1n) is 8.01. The summed E-state index contributed by atoms with van der Waals surface area (Å²) < 4.78 is 0. The molecular weight excluding hydrogens is 407 g/mol. The summed E-state index contributed by atoms with van der Waals surface area (Å²) in [5, 5.41) is 36.7. The average molecular weight is 444 g/mol. The molecule has 0 aromatic rings. The van der Waals surface area contributed by atoms with Gasteiger partial charge in [0.15, 0.2) is 0 Å². The van der Waals surface area contributed by atoms with E-state index in [0.29, 0.717) is 6.61 Å². The van der Waals surface area contributed by atoms with E-state index in [1.165, 1.54) is 0 Å². The molecule has 21 heavy (non-hydrogen) atoms. The summed E-state index contributed by atoms with van der Waals surface area (Å²) in [4.78, 5) is 0. The molecule has 0 aromatic carbocycles. The zero-order valence-electron chi connectivity index (χ0n) is 14.6. The van der Waals surface area contributed by atoms with E-state index in [9.17, 15) is 15.3 Å². The van der Waals surface area contributed by atoms with Gasteiger partial charge in [-0.2, -0.15) is 0 Å². The SMILES string of the molecule is CCCCO.CCCC[O-].CCCC[O-].CCCC[O-].[Sm+3]. The first-order valence-corrected chi connectivity index (χ1v) is 8.01. The van der Waals surface area contributed by atoms with E-state index in [2.05, 4.69) is 6.92 Å². The maximum Gasteiger partial charge on any atom is 3.00 e. The van der Waals surface area contributed by atoms with Gasteiger partial charge in [0.2, 0.25) is 0 Å². The number of aliphatic hydroxyl groups excluding tert-OH is 1. The van der Waals surface area contributed by atoms with Crippen LogP contribution < -0.4 is 15.3 Å². The van der Waals surface area contributed by atoms with Crippen LogP contribution in [0.15, 0.2) is 0 Å². The van der Waals surface area contributed by atoms with Gasteiger partial charge in [0.05, 0.1) is 0 Å². The van der Waals surface area contributed by atoms with Crippen molar-refractivity contribution >= 4 is 0 Å². The Hall–Kier alpha value is 1.18. The first kappa shape index (κ1) is 33.7. The van der Waals surface area contributed by atoms with Crippen LogP contribution in [0.25, 0.3) is 0 Å². The summed E-state index contributed by atoms with van der Waals surface area (Å²) in [6.45, 7) is 8.71. The molecule has 0 aliphatic carbocycles. The third kappa shape index (κ3) is 92.5. The maximum atomic E-state index is 9.53. The van der Waals surface area contributed by atoms with Crippen molar-refractivity contribution in [2.24, 2.45) is 0 Å². The van der Waals surface area contributed by atoms with E-state index in [1.54, 1.807) is 0 Å². The predicted octanol–water partition coefficient (Wildman–Crippen LogP) is 1.22. The second-order valence-electron chi connectivity index (χ2n) is 4.25. The normalized spacial score (nSPS) is 8.00. The molecule has 1 N–H and O–H groups in total. The number of hydrogen-bond donors (Lipinski definition) is 1. The van der Waals surface area contributed by atoms with Crippen LogP contribution in [-0.2, 0) is 0 Å². The van der Waals surface area contributed by atoms with Gasteiger partial charge in [0.1, 0.15) is 0 Å². The van der Waals surface area contributed by atoms with E-state index >= 15 is 0 Å². The Morgan fingerprint density at radius 3 is 0.810 bits per heavy atom. The van der Waals surface area contributed by atoms with Gasteiger partial charge in [0, 0.05) is 6.61 Å². The van der Waals surface area contributed by atoms with Crippen molar-refractivity contribution in [1.29, 1.82) is 0 Å². The molecule has 0 amide bonds. The van der Waals surface area contributed by atoms with Crippen LogP contribution in [0.5, 0.6) is 0 Å². The van der Waals surface area contributed by atoms with Crippen LogP contribution in [0, 0.1) is 40.4 Å². The van der Waals surface area contributed by atoms with Gasteiger partial charge in [-0.3, -0.25) is 0 Å². The molecule has 0 saturated carbocycles. The average Bonchev–Trinajstić information content (AvgIpc) is 2.44. The van der Waals surface area contributed by atoms with Crippen molar-refractivity contribution in [1.82, 2.24) is 0 Å². The predicted molar refractivity (Wildman–Crippen MR) is 81.3 cm³/mol. The van der Waals surface area contributed by atoms with E-state index in [4.69, 9.17) is 5.11 Å². The third-order valence-corrected chi connectivity index (χ3v) is 2.01. The topological polar surface area (TPSA) is 89.4 Å². The van der Waals surface area contributed by atoms with Gasteiger partial charge in [0.25, 0.3) is 0 Å². The van der Waals surface area contributed by atoms with Crippen molar-refractivity contribution in [3.8, 4) is 0 Å². The smallest absolute Gasteiger partial charge is 0.854 e. The van der Waals surface area contributed by atoms with Gasteiger partial charge in [-0.1, -0.05) is 72.6 Å². The van der Waals surface area contributed by atoms with E-state index in [0.717, 1.165) is 51.4 Å². The molecule has 5 heteroatoms. The van der Waals surface area contributed by atoms with Gasteiger partial charge < -0.3 is 20.4 Å². The molecule has 1 radical (unpaired) electrons. The van der Waals surface area contributed by atoms with Crippen molar-refractivity contribution in [2.75, 3.05) is 26.4 Å². The molecule has 0 fully saturated rings. The molecule has 0 aliphatic rings. The minimum atomic E-state index is 0. The van der Waals surface area contributed by atoms with Crippen LogP contribution in [0.4, 0.5) is 0 Å². The number of rotatable bonds is 8. The van der Waals surface area contributed by atoms with Crippen LogP contribution in [0.2, 0.25) is 0 Å². The molecule has 131 valence electrons. The summed E-state index contributed by atoms with van der Waals surface area (Å²) in [5.74, 6) is 0. The summed E-state index contributed by atoms with van der Waals surface area (Å²) >= 11 is 0. The minimum Gasteiger partial charge on any atom is -0.854 e. The molecule has 0 aromatic heterocycles.